The molecule has 6 heteroatoms. The van der Waals surface area contributed by atoms with E-state index in [4.69, 9.17) is 20.0 Å². The molecule has 0 unspecified atom stereocenters. The first-order valence-corrected chi connectivity index (χ1v) is 5.69. The van der Waals surface area contributed by atoms with Gasteiger partial charge in [-0.05, 0) is 45.9 Å². The summed E-state index contributed by atoms with van der Waals surface area (Å²) in [6.07, 6.45) is 0. The standard InChI is InChI=1S/C13H17NO2.BH2O2/c1-12(2,15)13(3,4)16-11-7-5-6-10(8-11)9-14;2-1-3/h5-8,15H,1-4H3;2-3H. The van der Waals surface area contributed by atoms with Crippen LogP contribution in [0.2, 0.25) is 0 Å². The third-order valence-electron chi connectivity index (χ3n) is 2.81. The van der Waals surface area contributed by atoms with E-state index in [-0.39, 0.29) is 7.69 Å². The van der Waals surface area contributed by atoms with Gasteiger partial charge >= 0.3 is 7.69 Å². The van der Waals surface area contributed by atoms with Crippen LogP contribution in [0.1, 0.15) is 33.3 Å². The van der Waals surface area contributed by atoms with Gasteiger partial charge in [0.25, 0.3) is 0 Å². The van der Waals surface area contributed by atoms with Crippen LogP contribution in [0.25, 0.3) is 0 Å². The van der Waals surface area contributed by atoms with Crippen molar-refractivity contribution in [3.05, 3.63) is 29.8 Å². The fraction of sp³-hybridized carbons (Fsp3) is 0.462. The lowest BCUT2D eigenvalue weighted by Crippen LogP contribution is -2.49. The molecule has 103 valence electrons. The summed E-state index contributed by atoms with van der Waals surface area (Å²) < 4.78 is 5.71. The molecule has 0 atom stereocenters. The van der Waals surface area contributed by atoms with Crippen molar-refractivity contribution in [3.63, 3.8) is 0 Å². The van der Waals surface area contributed by atoms with Gasteiger partial charge in [-0.2, -0.15) is 5.26 Å². The van der Waals surface area contributed by atoms with Gasteiger partial charge in [-0.3, -0.25) is 0 Å². The van der Waals surface area contributed by atoms with Crippen LogP contribution in [-0.2, 0) is 0 Å². The van der Waals surface area contributed by atoms with Crippen LogP contribution in [0.5, 0.6) is 5.75 Å². The smallest absolute Gasteiger partial charge is 0.482 e. The molecule has 0 aliphatic carbocycles. The summed E-state index contributed by atoms with van der Waals surface area (Å²) in [6, 6.07) is 8.95. The predicted octanol–water partition coefficient (Wildman–Crippen LogP) is 0.992. The number of benzene rings is 1. The second kappa shape index (κ2) is 7.14. The van der Waals surface area contributed by atoms with Crippen molar-refractivity contribution in [2.24, 2.45) is 0 Å². The summed E-state index contributed by atoms with van der Waals surface area (Å²) in [5.41, 5.74) is -1.14. The van der Waals surface area contributed by atoms with Crippen LogP contribution in [0.15, 0.2) is 24.3 Å². The van der Waals surface area contributed by atoms with Crippen LogP contribution in [-0.4, -0.2) is 34.0 Å². The molecule has 5 nitrogen and oxygen atoms in total. The largest absolute Gasteiger partial charge is 0.485 e. The Hall–Kier alpha value is -1.55. The normalized spacial score (nSPS) is 10.8. The first-order chi connectivity index (χ1) is 8.67. The number of aliphatic hydroxyl groups is 1. The average molecular weight is 264 g/mol. The summed E-state index contributed by atoms with van der Waals surface area (Å²) in [6.45, 7) is 7.01. The summed E-state index contributed by atoms with van der Waals surface area (Å²) in [4.78, 5) is 0. The minimum absolute atomic E-state index is 0. The van der Waals surface area contributed by atoms with Gasteiger partial charge < -0.3 is 19.9 Å². The van der Waals surface area contributed by atoms with E-state index in [0.717, 1.165) is 0 Å². The van der Waals surface area contributed by atoms with E-state index in [0.29, 0.717) is 11.3 Å². The van der Waals surface area contributed by atoms with Crippen LogP contribution < -0.4 is 4.74 Å². The Balaban J connectivity index is 0.000000982. The Morgan fingerprint density at radius 3 is 2.16 bits per heavy atom. The number of hydrogen-bond donors (Lipinski definition) is 3. The summed E-state index contributed by atoms with van der Waals surface area (Å²) >= 11 is 0. The van der Waals surface area contributed by atoms with Crippen molar-refractivity contribution in [3.8, 4) is 11.8 Å². The highest BCUT2D eigenvalue weighted by atomic mass is 16.5. The maximum atomic E-state index is 9.94. The molecule has 0 aliphatic heterocycles. The number of rotatable bonds is 3. The first kappa shape index (κ1) is 17.5. The van der Waals surface area contributed by atoms with Gasteiger partial charge in [0.2, 0.25) is 0 Å². The Kier molecular flexibility index (Phi) is 6.56. The van der Waals surface area contributed by atoms with Gasteiger partial charge in [0.05, 0.1) is 17.2 Å². The molecule has 1 aromatic carbocycles. The van der Waals surface area contributed by atoms with Crippen LogP contribution in [0.4, 0.5) is 0 Å². The monoisotopic (exact) mass is 264 g/mol. The summed E-state index contributed by atoms with van der Waals surface area (Å²) in [5, 5.41) is 32.7. The van der Waals surface area contributed by atoms with E-state index < -0.39 is 11.2 Å². The SMILES string of the molecule is CC(C)(O)C(C)(C)Oc1cccc(C#N)c1.O[B]O. The molecule has 0 saturated heterocycles. The Morgan fingerprint density at radius 2 is 1.74 bits per heavy atom. The molecular formula is C13H19BNO4. The zero-order chi connectivity index (χ0) is 15.1. The molecule has 1 radical (unpaired) electrons. The molecule has 0 bridgehead atoms. The third kappa shape index (κ3) is 5.75. The fourth-order valence-electron chi connectivity index (χ4n) is 1.05. The lowest BCUT2D eigenvalue weighted by molar-refractivity contribution is -0.0906. The predicted molar refractivity (Wildman–Crippen MR) is 72.4 cm³/mol. The van der Waals surface area contributed by atoms with Gasteiger partial charge in [0.1, 0.15) is 11.4 Å². The fourth-order valence-corrected chi connectivity index (χ4v) is 1.05. The van der Waals surface area contributed by atoms with E-state index in [1.165, 1.54) is 0 Å². The topological polar surface area (TPSA) is 93.7 Å². The van der Waals surface area contributed by atoms with E-state index in [2.05, 4.69) is 0 Å². The first-order valence-electron chi connectivity index (χ1n) is 5.69. The van der Waals surface area contributed by atoms with Gasteiger partial charge in [-0.15, -0.1) is 0 Å². The maximum Gasteiger partial charge on any atom is 0.482 e. The van der Waals surface area contributed by atoms with Crippen LogP contribution >= 0.6 is 0 Å². The highest BCUT2D eigenvalue weighted by Crippen LogP contribution is 2.28. The molecule has 19 heavy (non-hydrogen) atoms. The second-order valence-corrected chi connectivity index (χ2v) is 4.93. The summed E-state index contributed by atoms with van der Waals surface area (Å²) in [5.74, 6) is 0.589. The van der Waals surface area contributed by atoms with Crippen molar-refractivity contribution in [1.82, 2.24) is 0 Å². The highest BCUT2D eigenvalue weighted by molar-refractivity contribution is 6.13. The number of nitrogens with zero attached hydrogens (tertiary/aromatic N) is 1. The highest BCUT2D eigenvalue weighted by Gasteiger charge is 2.37. The summed E-state index contributed by atoms with van der Waals surface area (Å²) in [7, 11) is 0. The van der Waals surface area contributed by atoms with E-state index >= 15 is 0 Å². The number of nitriles is 1. The van der Waals surface area contributed by atoms with Crippen molar-refractivity contribution < 1.29 is 19.9 Å². The maximum absolute atomic E-state index is 9.94. The van der Waals surface area contributed by atoms with Crippen molar-refractivity contribution in [2.45, 2.75) is 38.9 Å². The molecule has 0 spiro atoms. The Morgan fingerprint density at radius 1 is 1.21 bits per heavy atom. The van der Waals surface area contributed by atoms with Gasteiger partial charge in [-0.1, -0.05) is 6.07 Å². The minimum atomic E-state index is -0.963. The lowest BCUT2D eigenvalue weighted by atomic mass is 9.89. The molecule has 0 heterocycles. The minimum Gasteiger partial charge on any atom is -0.485 e. The third-order valence-corrected chi connectivity index (χ3v) is 2.81. The second-order valence-electron chi connectivity index (χ2n) is 4.93. The molecule has 1 rings (SSSR count). The van der Waals surface area contributed by atoms with Gasteiger partial charge in [0.15, 0.2) is 0 Å². The molecule has 0 fully saturated rings. The molecular weight excluding hydrogens is 245 g/mol. The molecule has 0 saturated carbocycles. The molecule has 3 N–H and O–H groups in total. The van der Waals surface area contributed by atoms with Crippen molar-refractivity contribution in [1.29, 1.82) is 5.26 Å². The van der Waals surface area contributed by atoms with Crippen LogP contribution in [0.3, 0.4) is 0 Å². The molecule has 0 aliphatic rings. The molecule has 0 aromatic heterocycles. The van der Waals surface area contributed by atoms with E-state index in [1.54, 1.807) is 38.1 Å². The zero-order valence-corrected chi connectivity index (χ0v) is 11.6. The van der Waals surface area contributed by atoms with E-state index in [9.17, 15) is 5.11 Å². The van der Waals surface area contributed by atoms with Crippen LogP contribution in [0, 0.1) is 11.3 Å². The number of ether oxygens (including phenoxy) is 1. The number of hydrogen-bond acceptors (Lipinski definition) is 5. The van der Waals surface area contributed by atoms with Gasteiger partial charge in [-0.25, -0.2) is 0 Å². The Labute approximate surface area is 114 Å². The quantitative estimate of drug-likeness (QED) is 0.708. The van der Waals surface area contributed by atoms with E-state index in [1.807, 2.05) is 19.9 Å². The zero-order valence-electron chi connectivity index (χ0n) is 11.6. The van der Waals surface area contributed by atoms with Gasteiger partial charge in [0, 0.05) is 0 Å². The lowest BCUT2D eigenvalue weighted by Gasteiger charge is -2.37. The van der Waals surface area contributed by atoms with Crippen molar-refractivity contribution in [2.75, 3.05) is 0 Å². The average Bonchev–Trinajstić information content (AvgIpc) is 2.28. The van der Waals surface area contributed by atoms with Crippen molar-refractivity contribution >= 4 is 7.69 Å². The Bertz CT molecular complexity index is 435. The molecule has 0 amide bonds. The molecule has 1 aromatic rings.